The lowest BCUT2D eigenvalue weighted by Crippen LogP contribution is -1.99. The fourth-order valence-corrected chi connectivity index (χ4v) is 1.75. The highest BCUT2D eigenvalue weighted by atomic mass is 16.4. The quantitative estimate of drug-likeness (QED) is 0.703. The van der Waals surface area contributed by atoms with Gasteiger partial charge in [-0.3, -0.25) is 0 Å². The van der Waals surface area contributed by atoms with Gasteiger partial charge in [0.1, 0.15) is 5.75 Å². The topological polar surface area (TPSA) is 73.3 Å². The Hall–Kier alpha value is -1.97. The van der Waals surface area contributed by atoms with E-state index in [1.165, 1.54) is 12.1 Å². The maximum Gasteiger partial charge on any atom is 0.338 e. The summed E-state index contributed by atoms with van der Waals surface area (Å²) in [6, 6.07) is 4.68. The number of nitrogens with one attached hydrogen (secondary N) is 1. The standard InChI is InChI=1S/C11H11NO3/c1-2-8-10(11(14)15)7-5-6(13)3-4-9(7)12-8/h3-5,12-13H,2H2,1H3,(H,14,15). The second-order valence-corrected chi connectivity index (χ2v) is 3.37. The number of phenols is 1. The van der Waals surface area contributed by atoms with Crippen molar-refractivity contribution in [2.45, 2.75) is 13.3 Å². The fourth-order valence-electron chi connectivity index (χ4n) is 1.75. The number of aromatic carboxylic acids is 1. The molecule has 0 bridgehead atoms. The third-order valence-electron chi connectivity index (χ3n) is 2.43. The molecule has 15 heavy (non-hydrogen) atoms. The molecule has 0 atom stereocenters. The number of hydrogen-bond acceptors (Lipinski definition) is 2. The highest BCUT2D eigenvalue weighted by Crippen LogP contribution is 2.26. The SMILES string of the molecule is CCc1[nH]c2ccc(O)cc2c1C(=O)O. The Morgan fingerprint density at radius 2 is 2.20 bits per heavy atom. The van der Waals surface area contributed by atoms with E-state index < -0.39 is 5.97 Å². The summed E-state index contributed by atoms with van der Waals surface area (Å²) in [4.78, 5) is 14.1. The molecule has 2 rings (SSSR count). The molecule has 0 spiro atoms. The molecule has 2 aromatic rings. The van der Waals surface area contributed by atoms with Crippen LogP contribution in [0.4, 0.5) is 0 Å². The van der Waals surface area contributed by atoms with Gasteiger partial charge in [-0.25, -0.2) is 4.79 Å². The number of fused-ring (bicyclic) bond motifs is 1. The zero-order chi connectivity index (χ0) is 11.0. The number of aromatic amines is 1. The first-order valence-electron chi connectivity index (χ1n) is 4.70. The predicted octanol–water partition coefficient (Wildman–Crippen LogP) is 2.13. The molecule has 0 saturated heterocycles. The minimum Gasteiger partial charge on any atom is -0.508 e. The summed E-state index contributed by atoms with van der Waals surface area (Å²) >= 11 is 0. The van der Waals surface area contributed by atoms with E-state index in [0.717, 1.165) is 5.52 Å². The summed E-state index contributed by atoms with van der Waals surface area (Å²) in [6.07, 6.45) is 0.622. The lowest BCUT2D eigenvalue weighted by atomic mass is 10.1. The van der Waals surface area contributed by atoms with Gasteiger partial charge in [-0.05, 0) is 24.6 Å². The van der Waals surface area contributed by atoms with Crippen molar-refractivity contribution >= 4 is 16.9 Å². The molecule has 0 aliphatic carbocycles. The number of H-pyrrole nitrogens is 1. The summed E-state index contributed by atoms with van der Waals surface area (Å²) in [5.74, 6) is -0.893. The molecule has 78 valence electrons. The molecule has 4 nitrogen and oxygen atoms in total. The van der Waals surface area contributed by atoms with E-state index in [4.69, 9.17) is 5.11 Å². The Bertz CT molecular complexity index is 528. The van der Waals surface area contributed by atoms with Crippen LogP contribution in [0.5, 0.6) is 5.75 Å². The van der Waals surface area contributed by atoms with Gasteiger partial charge in [-0.2, -0.15) is 0 Å². The molecule has 0 radical (unpaired) electrons. The molecule has 0 amide bonds. The van der Waals surface area contributed by atoms with Gasteiger partial charge in [-0.15, -0.1) is 0 Å². The lowest BCUT2D eigenvalue weighted by Gasteiger charge is -1.95. The first-order chi connectivity index (χ1) is 7.13. The van der Waals surface area contributed by atoms with E-state index in [1.54, 1.807) is 6.07 Å². The second kappa shape index (κ2) is 3.31. The van der Waals surface area contributed by atoms with Crippen LogP contribution < -0.4 is 0 Å². The highest BCUT2D eigenvalue weighted by molar-refractivity contribution is 6.05. The third kappa shape index (κ3) is 1.44. The van der Waals surface area contributed by atoms with Crippen LogP contribution >= 0.6 is 0 Å². The van der Waals surface area contributed by atoms with E-state index in [2.05, 4.69) is 4.98 Å². The van der Waals surface area contributed by atoms with Crippen LogP contribution in [0.1, 0.15) is 23.0 Å². The summed E-state index contributed by atoms with van der Waals surface area (Å²) in [6.45, 7) is 1.89. The van der Waals surface area contributed by atoms with Gasteiger partial charge in [0.2, 0.25) is 0 Å². The molecule has 0 aliphatic heterocycles. The van der Waals surface area contributed by atoms with E-state index in [0.29, 0.717) is 17.5 Å². The smallest absolute Gasteiger partial charge is 0.338 e. The average Bonchev–Trinajstić information content (AvgIpc) is 2.55. The predicted molar refractivity (Wildman–Crippen MR) is 56.3 cm³/mol. The van der Waals surface area contributed by atoms with E-state index in [9.17, 15) is 9.90 Å². The molecule has 4 heteroatoms. The van der Waals surface area contributed by atoms with Crippen LogP contribution in [0, 0.1) is 0 Å². The molecule has 1 heterocycles. The Balaban J connectivity index is 2.82. The van der Waals surface area contributed by atoms with Crippen molar-refractivity contribution in [3.05, 3.63) is 29.5 Å². The fraction of sp³-hybridized carbons (Fsp3) is 0.182. The second-order valence-electron chi connectivity index (χ2n) is 3.37. The van der Waals surface area contributed by atoms with Crippen LogP contribution in [-0.2, 0) is 6.42 Å². The number of aryl methyl sites for hydroxylation is 1. The molecular weight excluding hydrogens is 194 g/mol. The summed E-state index contributed by atoms with van der Waals surface area (Å²) in [5, 5.41) is 18.9. The number of carboxylic acid groups (broad SMARTS) is 1. The van der Waals surface area contributed by atoms with Crippen LogP contribution in [-0.4, -0.2) is 21.2 Å². The van der Waals surface area contributed by atoms with Crippen molar-refractivity contribution < 1.29 is 15.0 Å². The molecule has 0 unspecified atom stereocenters. The third-order valence-corrected chi connectivity index (χ3v) is 2.43. The van der Waals surface area contributed by atoms with Crippen molar-refractivity contribution in [3.8, 4) is 5.75 Å². The Kier molecular flexibility index (Phi) is 2.11. The van der Waals surface area contributed by atoms with Crippen molar-refractivity contribution in [2.24, 2.45) is 0 Å². The Morgan fingerprint density at radius 1 is 1.47 bits per heavy atom. The number of phenolic OH excluding ortho intramolecular Hbond substituents is 1. The van der Waals surface area contributed by atoms with Crippen LogP contribution in [0.15, 0.2) is 18.2 Å². The minimum atomic E-state index is -0.969. The Labute approximate surface area is 86.2 Å². The highest BCUT2D eigenvalue weighted by Gasteiger charge is 2.16. The van der Waals surface area contributed by atoms with Crippen LogP contribution in [0.2, 0.25) is 0 Å². The molecule has 0 saturated carbocycles. The van der Waals surface area contributed by atoms with Crippen LogP contribution in [0.25, 0.3) is 10.9 Å². The number of carboxylic acids is 1. The molecule has 3 N–H and O–H groups in total. The minimum absolute atomic E-state index is 0.0756. The van der Waals surface area contributed by atoms with Crippen molar-refractivity contribution in [1.82, 2.24) is 4.98 Å². The van der Waals surface area contributed by atoms with E-state index >= 15 is 0 Å². The number of rotatable bonds is 2. The zero-order valence-corrected chi connectivity index (χ0v) is 8.24. The molecule has 0 aliphatic rings. The van der Waals surface area contributed by atoms with Gasteiger partial charge >= 0.3 is 5.97 Å². The number of benzene rings is 1. The van der Waals surface area contributed by atoms with Crippen molar-refractivity contribution in [1.29, 1.82) is 0 Å². The van der Waals surface area contributed by atoms with Gasteiger partial charge < -0.3 is 15.2 Å². The van der Waals surface area contributed by atoms with Gasteiger partial charge in [0.15, 0.2) is 0 Å². The normalized spacial score (nSPS) is 10.7. The zero-order valence-electron chi connectivity index (χ0n) is 8.24. The van der Waals surface area contributed by atoms with Gasteiger partial charge in [0.25, 0.3) is 0 Å². The van der Waals surface area contributed by atoms with Crippen molar-refractivity contribution in [2.75, 3.05) is 0 Å². The number of aromatic hydroxyl groups is 1. The number of aromatic nitrogens is 1. The molecule has 0 fully saturated rings. The van der Waals surface area contributed by atoms with Crippen LogP contribution in [0.3, 0.4) is 0 Å². The Morgan fingerprint density at radius 3 is 2.80 bits per heavy atom. The summed E-state index contributed by atoms with van der Waals surface area (Å²) < 4.78 is 0. The van der Waals surface area contributed by atoms with E-state index in [1.807, 2.05) is 6.92 Å². The maximum absolute atomic E-state index is 11.1. The summed E-state index contributed by atoms with van der Waals surface area (Å²) in [7, 11) is 0. The summed E-state index contributed by atoms with van der Waals surface area (Å²) in [5.41, 5.74) is 1.67. The number of carbonyl (C=O) groups is 1. The van der Waals surface area contributed by atoms with Gasteiger partial charge in [0, 0.05) is 16.6 Å². The number of hydrogen-bond donors (Lipinski definition) is 3. The van der Waals surface area contributed by atoms with Gasteiger partial charge in [0.05, 0.1) is 5.56 Å². The van der Waals surface area contributed by atoms with Gasteiger partial charge in [-0.1, -0.05) is 6.92 Å². The first kappa shape index (κ1) is 9.58. The van der Waals surface area contributed by atoms with E-state index in [-0.39, 0.29) is 11.3 Å². The molecule has 1 aromatic carbocycles. The largest absolute Gasteiger partial charge is 0.508 e. The maximum atomic E-state index is 11.1. The van der Waals surface area contributed by atoms with Crippen molar-refractivity contribution in [3.63, 3.8) is 0 Å². The monoisotopic (exact) mass is 205 g/mol. The lowest BCUT2D eigenvalue weighted by molar-refractivity contribution is 0.0698. The molecular formula is C11H11NO3. The molecule has 1 aromatic heterocycles. The first-order valence-corrected chi connectivity index (χ1v) is 4.70. The average molecular weight is 205 g/mol.